The van der Waals surface area contributed by atoms with E-state index in [1.165, 1.54) is 0 Å². The first-order valence-electron chi connectivity index (χ1n) is 4.28. The van der Waals surface area contributed by atoms with E-state index in [1.54, 1.807) is 6.20 Å². The molecule has 0 saturated carbocycles. The summed E-state index contributed by atoms with van der Waals surface area (Å²) in [7, 11) is 0. The van der Waals surface area contributed by atoms with Crippen molar-refractivity contribution in [3.05, 3.63) is 29.1 Å². The van der Waals surface area contributed by atoms with Gasteiger partial charge in [0, 0.05) is 11.9 Å². The molecule has 1 amide bonds. The first-order chi connectivity index (χ1) is 6.02. The highest BCUT2D eigenvalue weighted by molar-refractivity contribution is 5.94. The lowest BCUT2D eigenvalue weighted by molar-refractivity contribution is 0.0998. The standard InChI is InChI=1S/C10H14N2O/c1-6(2)8-4-7(3)12-5-9(8)10(11)13/h4-6H,1-3H3,(H2,11,13). The summed E-state index contributed by atoms with van der Waals surface area (Å²) >= 11 is 0. The van der Waals surface area contributed by atoms with Gasteiger partial charge < -0.3 is 5.73 Å². The smallest absolute Gasteiger partial charge is 0.250 e. The second-order valence-electron chi connectivity index (χ2n) is 3.43. The Morgan fingerprint density at radius 3 is 2.62 bits per heavy atom. The summed E-state index contributed by atoms with van der Waals surface area (Å²) in [6.45, 7) is 5.96. The molecule has 0 unspecified atom stereocenters. The van der Waals surface area contributed by atoms with Gasteiger partial charge in [0.05, 0.1) is 5.56 Å². The normalized spacial score (nSPS) is 10.5. The van der Waals surface area contributed by atoms with Crippen LogP contribution in [0.4, 0.5) is 0 Å². The summed E-state index contributed by atoms with van der Waals surface area (Å²) in [6.07, 6.45) is 1.55. The molecule has 70 valence electrons. The van der Waals surface area contributed by atoms with Gasteiger partial charge in [-0.2, -0.15) is 0 Å². The van der Waals surface area contributed by atoms with Gasteiger partial charge in [-0.05, 0) is 24.5 Å². The van der Waals surface area contributed by atoms with E-state index in [9.17, 15) is 4.79 Å². The monoisotopic (exact) mass is 178 g/mol. The van der Waals surface area contributed by atoms with Crippen LogP contribution < -0.4 is 5.73 Å². The zero-order valence-corrected chi connectivity index (χ0v) is 8.16. The van der Waals surface area contributed by atoms with E-state index in [0.717, 1.165) is 11.3 Å². The lowest BCUT2D eigenvalue weighted by Gasteiger charge is -2.10. The highest BCUT2D eigenvalue weighted by atomic mass is 16.1. The molecule has 0 atom stereocenters. The highest BCUT2D eigenvalue weighted by Crippen LogP contribution is 2.18. The Kier molecular flexibility index (Phi) is 2.66. The lowest BCUT2D eigenvalue weighted by Crippen LogP contribution is -2.15. The van der Waals surface area contributed by atoms with Crippen molar-refractivity contribution in [1.29, 1.82) is 0 Å². The van der Waals surface area contributed by atoms with Crippen molar-refractivity contribution in [3.63, 3.8) is 0 Å². The van der Waals surface area contributed by atoms with Gasteiger partial charge in [0.25, 0.3) is 5.91 Å². The first-order valence-corrected chi connectivity index (χ1v) is 4.28. The van der Waals surface area contributed by atoms with Gasteiger partial charge in [-0.25, -0.2) is 0 Å². The van der Waals surface area contributed by atoms with E-state index in [1.807, 2.05) is 26.8 Å². The Balaban J connectivity index is 3.26. The Hall–Kier alpha value is -1.38. The van der Waals surface area contributed by atoms with Gasteiger partial charge in [-0.1, -0.05) is 13.8 Å². The number of aryl methyl sites for hydroxylation is 1. The predicted octanol–water partition coefficient (Wildman–Crippen LogP) is 1.61. The number of primary amides is 1. The number of aromatic nitrogens is 1. The Bertz CT molecular complexity index is 332. The predicted molar refractivity (Wildman–Crippen MR) is 51.6 cm³/mol. The van der Waals surface area contributed by atoms with Crippen LogP contribution in [0.25, 0.3) is 0 Å². The van der Waals surface area contributed by atoms with Crippen molar-refractivity contribution >= 4 is 5.91 Å². The Morgan fingerprint density at radius 1 is 1.54 bits per heavy atom. The van der Waals surface area contributed by atoms with Gasteiger partial charge in [0.1, 0.15) is 0 Å². The number of nitrogens with zero attached hydrogens (tertiary/aromatic N) is 1. The lowest BCUT2D eigenvalue weighted by atomic mass is 9.98. The van der Waals surface area contributed by atoms with Crippen molar-refractivity contribution in [2.75, 3.05) is 0 Å². The van der Waals surface area contributed by atoms with E-state index in [0.29, 0.717) is 11.5 Å². The highest BCUT2D eigenvalue weighted by Gasteiger charge is 2.11. The third-order valence-corrected chi connectivity index (χ3v) is 1.96. The van der Waals surface area contributed by atoms with Crippen LogP contribution in [0.3, 0.4) is 0 Å². The zero-order chi connectivity index (χ0) is 10.0. The molecule has 0 saturated heterocycles. The topological polar surface area (TPSA) is 56.0 Å². The van der Waals surface area contributed by atoms with Crippen molar-refractivity contribution in [1.82, 2.24) is 4.98 Å². The van der Waals surface area contributed by atoms with Gasteiger partial charge in [-0.15, -0.1) is 0 Å². The average molecular weight is 178 g/mol. The second kappa shape index (κ2) is 3.56. The summed E-state index contributed by atoms with van der Waals surface area (Å²) in [6, 6.07) is 1.91. The molecule has 0 aliphatic rings. The summed E-state index contributed by atoms with van der Waals surface area (Å²) in [5.74, 6) is -0.111. The quantitative estimate of drug-likeness (QED) is 0.748. The number of carbonyl (C=O) groups is 1. The van der Waals surface area contributed by atoms with E-state index in [2.05, 4.69) is 4.98 Å². The van der Waals surface area contributed by atoms with Crippen molar-refractivity contribution < 1.29 is 4.79 Å². The van der Waals surface area contributed by atoms with Crippen LogP contribution in [-0.2, 0) is 0 Å². The van der Waals surface area contributed by atoms with Gasteiger partial charge >= 0.3 is 0 Å². The maximum absolute atomic E-state index is 11.0. The van der Waals surface area contributed by atoms with Crippen molar-refractivity contribution in [3.8, 4) is 0 Å². The average Bonchev–Trinajstić information content (AvgIpc) is 2.03. The van der Waals surface area contributed by atoms with Crippen LogP contribution in [0.15, 0.2) is 12.3 Å². The van der Waals surface area contributed by atoms with Crippen LogP contribution in [-0.4, -0.2) is 10.9 Å². The minimum Gasteiger partial charge on any atom is -0.366 e. The first kappa shape index (κ1) is 9.71. The second-order valence-corrected chi connectivity index (χ2v) is 3.43. The summed E-state index contributed by atoms with van der Waals surface area (Å²) in [5, 5.41) is 0. The van der Waals surface area contributed by atoms with Gasteiger partial charge in [0.2, 0.25) is 0 Å². The van der Waals surface area contributed by atoms with E-state index in [-0.39, 0.29) is 0 Å². The molecule has 3 nitrogen and oxygen atoms in total. The number of pyridine rings is 1. The molecule has 2 N–H and O–H groups in total. The molecule has 0 spiro atoms. The number of carbonyl (C=O) groups excluding carboxylic acids is 1. The molecule has 1 aromatic heterocycles. The van der Waals surface area contributed by atoms with Crippen LogP contribution in [0.1, 0.15) is 41.4 Å². The van der Waals surface area contributed by atoms with Gasteiger partial charge in [-0.3, -0.25) is 9.78 Å². The minimum atomic E-state index is -0.406. The fraction of sp³-hybridized carbons (Fsp3) is 0.400. The summed E-state index contributed by atoms with van der Waals surface area (Å²) in [4.78, 5) is 15.1. The van der Waals surface area contributed by atoms with Crippen LogP contribution >= 0.6 is 0 Å². The molecule has 3 heteroatoms. The number of hydrogen-bond acceptors (Lipinski definition) is 2. The molecule has 0 aliphatic carbocycles. The summed E-state index contributed by atoms with van der Waals surface area (Å²) in [5.41, 5.74) is 7.63. The third kappa shape index (κ3) is 2.05. The van der Waals surface area contributed by atoms with Crippen molar-refractivity contribution in [2.45, 2.75) is 26.7 Å². The van der Waals surface area contributed by atoms with Crippen LogP contribution in [0.5, 0.6) is 0 Å². The maximum atomic E-state index is 11.0. The molecule has 0 radical (unpaired) electrons. The fourth-order valence-electron chi connectivity index (χ4n) is 1.26. The zero-order valence-electron chi connectivity index (χ0n) is 8.16. The molecule has 0 aromatic carbocycles. The molecule has 1 heterocycles. The molecule has 0 aliphatic heterocycles. The molecule has 13 heavy (non-hydrogen) atoms. The molecule has 1 rings (SSSR count). The van der Waals surface area contributed by atoms with E-state index < -0.39 is 5.91 Å². The molecule has 0 fully saturated rings. The van der Waals surface area contributed by atoms with E-state index >= 15 is 0 Å². The Labute approximate surface area is 78.0 Å². The molecular formula is C10H14N2O. The van der Waals surface area contributed by atoms with Crippen LogP contribution in [0.2, 0.25) is 0 Å². The van der Waals surface area contributed by atoms with Crippen molar-refractivity contribution in [2.24, 2.45) is 5.73 Å². The third-order valence-electron chi connectivity index (χ3n) is 1.96. The minimum absolute atomic E-state index is 0.296. The number of nitrogens with two attached hydrogens (primary N) is 1. The SMILES string of the molecule is Cc1cc(C(C)C)c(C(N)=O)cn1. The van der Waals surface area contributed by atoms with E-state index in [4.69, 9.17) is 5.73 Å². The molecular weight excluding hydrogens is 164 g/mol. The largest absolute Gasteiger partial charge is 0.366 e. The maximum Gasteiger partial charge on any atom is 0.250 e. The molecule has 0 bridgehead atoms. The Morgan fingerprint density at radius 2 is 2.15 bits per heavy atom. The summed E-state index contributed by atoms with van der Waals surface area (Å²) < 4.78 is 0. The number of rotatable bonds is 2. The molecule has 1 aromatic rings. The number of hydrogen-bond donors (Lipinski definition) is 1. The fourth-order valence-corrected chi connectivity index (χ4v) is 1.26. The van der Waals surface area contributed by atoms with Crippen LogP contribution in [0, 0.1) is 6.92 Å². The van der Waals surface area contributed by atoms with Gasteiger partial charge in [0.15, 0.2) is 0 Å². The number of amides is 1.